The summed E-state index contributed by atoms with van der Waals surface area (Å²) in [6.45, 7) is 4.27. The maximum atomic E-state index is 13.2. The van der Waals surface area contributed by atoms with Crippen molar-refractivity contribution in [3.63, 3.8) is 0 Å². The maximum absolute atomic E-state index is 13.2. The molecule has 0 aliphatic heterocycles. The molecule has 166 valence electrons. The number of halogens is 1. The fourth-order valence-corrected chi connectivity index (χ4v) is 4.41. The molecule has 1 fully saturated rings. The van der Waals surface area contributed by atoms with Crippen molar-refractivity contribution in [3.8, 4) is 5.75 Å². The van der Waals surface area contributed by atoms with Crippen molar-refractivity contribution in [1.29, 1.82) is 0 Å². The van der Waals surface area contributed by atoms with Crippen LogP contribution in [0.5, 0.6) is 5.75 Å². The van der Waals surface area contributed by atoms with Gasteiger partial charge in [0.2, 0.25) is 5.91 Å². The molecule has 0 saturated heterocycles. The van der Waals surface area contributed by atoms with Gasteiger partial charge in [-0.3, -0.25) is 9.59 Å². The number of aryl methyl sites for hydroxylation is 1. The molecule has 2 aromatic rings. The van der Waals surface area contributed by atoms with E-state index in [2.05, 4.69) is 34.0 Å². The highest BCUT2D eigenvalue weighted by Crippen LogP contribution is 2.20. The average molecular weight is 534 g/mol. The number of carbonyl (C=O) groups is 2. The van der Waals surface area contributed by atoms with Crippen LogP contribution in [0.1, 0.15) is 50.2 Å². The van der Waals surface area contributed by atoms with Crippen molar-refractivity contribution in [1.82, 2.24) is 10.2 Å². The number of amides is 2. The standard InChI is InChI=1S/C25H31IN2O3/c1-3-23(25(30)27-21-9-4-5-10-21)28(16-19-8-6-7-18(2)15-19)24(29)17-31-22-13-11-20(26)12-14-22/h6-8,11-15,21,23H,3-5,9-10,16-17H2,1-2H3,(H,27,30). The van der Waals surface area contributed by atoms with Crippen molar-refractivity contribution in [2.24, 2.45) is 0 Å². The molecule has 0 radical (unpaired) electrons. The van der Waals surface area contributed by atoms with Crippen LogP contribution in [0.4, 0.5) is 0 Å². The predicted octanol–water partition coefficient (Wildman–Crippen LogP) is 4.84. The lowest BCUT2D eigenvalue weighted by atomic mass is 10.1. The number of nitrogens with one attached hydrogen (secondary N) is 1. The van der Waals surface area contributed by atoms with E-state index in [9.17, 15) is 9.59 Å². The van der Waals surface area contributed by atoms with Crippen LogP contribution in [0.3, 0.4) is 0 Å². The van der Waals surface area contributed by atoms with Crippen LogP contribution in [0, 0.1) is 10.5 Å². The molecule has 0 aromatic heterocycles. The molecule has 5 nitrogen and oxygen atoms in total. The lowest BCUT2D eigenvalue weighted by Gasteiger charge is -2.31. The van der Waals surface area contributed by atoms with Gasteiger partial charge in [0.1, 0.15) is 11.8 Å². The zero-order chi connectivity index (χ0) is 22.2. The van der Waals surface area contributed by atoms with Crippen LogP contribution in [0.2, 0.25) is 0 Å². The maximum Gasteiger partial charge on any atom is 0.261 e. The molecule has 0 heterocycles. The number of ether oxygens (including phenoxy) is 1. The first-order valence-electron chi connectivity index (χ1n) is 11.0. The Morgan fingerprint density at radius 1 is 1.16 bits per heavy atom. The van der Waals surface area contributed by atoms with E-state index in [0.717, 1.165) is 40.4 Å². The first-order chi connectivity index (χ1) is 15.0. The Kier molecular flexibility index (Phi) is 8.75. The second-order valence-corrected chi connectivity index (χ2v) is 9.41. The number of benzene rings is 2. The Labute approximate surface area is 198 Å². The zero-order valence-electron chi connectivity index (χ0n) is 18.3. The van der Waals surface area contributed by atoms with Gasteiger partial charge >= 0.3 is 0 Å². The van der Waals surface area contributed by atoms with Gasteiger partial charge in [-0.25, -0.2) is 0 Å². The molecule has 2 aromatic carbocycles. The van der Waals surface area contributed by atoms with E-state index in [1.54, 1.807) is 4.90 Å². The molecule has 0 spiro atoms. The van der Waals surface area contributed by atoms with Gasteiger partial charge in [0, 0.05) is 16.2 Å². The van der Waals surface area contributed by atoms with E-state index in [1.807, 2.05) is 56.3 Å². The first-order valence-corrected chi connectivity index (χ1v) is 12.1. The summed E-state index contributed by atoms with van der Waals surface area (Å²) in [7, 11) is 0. The third-order valence-electron chi connectivity index (χ3n) is 5.70. The summed E-state index contributed by atoms with van der Waals surface area (Å²) in [6.07, 6.45) is 4.89. The monoisotopic (exact) mass is 534 g/mol. The molecule has 0 bridgehead atoms. The smallest absolute Gasteiger partial charge is 0.261 e. The Morgan fingerprint density at radius 3 is 2.52 bits per heavy atom. The third-order valence-corrected chi connectivity index (χ3v) is 6.42. The summed E-state index contributed by atoms with van der Waals surface area (Å²) in [4.78, 5) is 28.0. The lowest BCUT2D eigenvalue weighted by molar-refractivity contribution is -0.143. The Balaban J connectivity index is 1.75. The van der Waals surface area contributed by atoms with Crippen molar-refractivity contribution >= 4 is 34.4 Å². The van der Waals surface area contributed by atoms with Crippen molar-refractivity contribution in [2.45, 2.75) is 64.6 Å². The molecule has 31 heavy (non-hydrogen) atoms. The Hall–Kier alpha value is -2.09. The molecule has 1 unspecified atom stereocenters. The van der Waals surface area contributed by atoms with Crippen LogP contribution in [-0.2, 0) is 16.1 Å². The molecule has 3 rings (SSSR count). The molecule has 1 atom stereocenters. The summed E-state index contributed by atoms with van der Waals surface area (Å²) in [6, 6.07) is 15.3. The van der Waals surface area contributed by atoms with Gasteiger partial charge in [0.25, 0.3) is 5.91 Å². The normalized spacial score (nSPS) is 14.8. The van der Waals surface area contributed by atoms with Crippen molar-refractivity contribution in [2.75, 3.05) is 6.61 Å². The fourth-order valence-electron chi connectivity index (χ4n) is 4.05. The summed E-state index contributed by atoms with van der Waals surface area (Å²) in [5, 5.41) is 3.17. The number of hydrogen-bond acceptors (Lipinski definition) is 3. The van der Waals surface area contributed by atoms with Gasteiger partial charge in [-0.2, -0.15) is 0 Å². The lowest BCUT2D eigenvalue weighted by Crippen LogP contribution is -2.52. The number of hydrogen-bond donors (Lipinski definition) is 1. The molecule has 1 saturated carbocycles. The Bertz CT molecular complexity index is 879. The number of rotatable bonds is 9. The fraction of sp³-hybridized carbons (Fsp3) is 0.440. The van der Waals surface area contributed by atoms with Crippen LogP contribution in [0.15, 0.2) is 48.5 Å². The van der Waals surface area contributed by atoms with Gasteiger partial charge in [-0.1, -0.05) is 49.6 Å². The van der Waals surface area contributed by atoms with Crippen molar-refractivity contribution in [3.05, 3.63) is 63.2 Å². The van der Waals surface area contributed by atoms with Gasteiger partial charge in [0.15, 0.2) is 6.61 Å². The molecular formula is C25H31IN2O3. The van der Waals surface area contributed by atoms with Gasteiger partial charge in [-0.05, 0) is 78.6 Å². The second-order valence-electron chi connectivity index (χ2n) is 8.17. The van der Waals surface area contributed by atoms with E-state index < -0.39 is 6.04 Å². The van der Waals surface area contributed by atoms with E-state index in [0.29, 0.717) is 18.7 Å². The molecule has 1 N–H and O–H groups in total. The molecule has 6 heteroatoms. The van der Waals surface area contributed by atoms with Gasteiger partial charge in [0.05, 0.1) is 0 Å². The van der Waals surface area contributed by atoms with E-state index in [-0.39, 0.29) is 24.5 Å². The minimum Gasteiger partial charge on any atom is -0.484 e. The molecule has 2 amide bonds. The Morgan fingerprint density at radius 2 is 1.87 bits per heavy atom. The summed E-state index contributed by atoms with van der Waals surface area (Å²) in [5.74, 6) is 0.394. The molecular weight excluding hydrogens is 503 g/mol. The van der Waals surface area contributed by atoms with Crippen LogP contribution in [-0.4, -0.2) is 35.4 Å². The quantitative estimate of drug-likeness (QED) is 0.469. The predicted molar refractivity (Wildman–Crippen MR) is 131 cm³/mol. The van der Waals surface area contributed by atoms with Crippen LogP contribution < -0.4 is 10.1 Å². The number of nitrogens with zero attached hydrogens (tertiary/aromatic N) is 1. The summed E-state index contributed by atoms with van der Waals surface area (Å²) >= 11 is 2.23. The first kappa shape index (κ1) is 23.6. The minimum atomic E-state index is -0.520. The highest BCUT2D eigenvalue weighted by atomic mass is 127. The second kappa shape index (κ2) is 11.5. The van der Waals surface area contributed by atoms with Gasteiger partial charge in [-0.15, -0.1) is 0 Å². The third kappa shape index (κ3) is 6.95. The molecule has 1 aliphatic carbocycles. The van der Waals surface area contributed by atoms with Crippen molar-refractivity contribution < 1.29 is 14.3 Å². The molecule has 1 aliphatic rings. The van der Waals surface area contributed by atoms with Crippen LogP contribution >= 0.6 is 22.6 Å². The van der Waals surface area contributed by atoms with Gasteiger partial charge < -0.3 is 15.0 Å². The zero-order valence-corrected chi connectivity index (χ0v) is 20.4. The number of carbonyl (C=O) groups excluding carboxylic acids is 2. The highest BCUT2D eigenvalue weighted by molar-refractivity contribution is 14.1. The van der Waals surface area contributed by atoms with E-state index >= 15 is 0 Å². The van der Waals surface area contributed by atoms with Crippen LogP contribution in [0.25, 0.3) is 0 Å². The minimum absolute atomic E-state index is 0.0651. The SMILES string of the molecule is CCC(C(=O)NC1CCCC1)N(Cc1cccc(C)c1)C(=O)COc1ccc(I)cc1. The largest absolute Gasteiger partial charge is 0.484 e. The van der Waals surface area contributed by atoms with E-state index in [4.69, 9.17) is 4.74 Å². The summed E-state index contributed by atoms with van der Waals surface area (Å²) in [5.41, 5.74) is 2.14. The topological polar surface area (TPSA) is 58.6 Å². The average Bonchev–Trinajstić information content (AvgIpc) is 3.26. The van der Waals surface area contributed by atoms with E-state index in [1.165, 1.54) is 0 Å². The highest BCUT2D eigenvalue weighted by Gasteiger charge is 2.30. The summed E-state index contributed by atoms with van der Waals surface area (Å²) < 4.78 is 6.85.